The van der Waals surface area contributed by atoms with Crippen LogP contribution in [0.3, 0.4) is 0 Å². The SMILES string of the molecule is CC(C)(C)c1ccc(N2CCC(Cn3nc(C(C)(C)C)ccc3=O)CC2)nn1. The molecule has 1 aliphatic heterocycles. The normalized spacial score (nSPS) is 16.4. The second-order valence-corrected chi connectivity index (χ2v) is 9.95. The van der Waals surface area contributed by atoms with Gasteiger partial charge >= 0.3 is 0 Å². The summed E-state index contributed by atoms with van der Waals surface area (Å²) in [6.45, 7) is 15.3. The third kappa shape index (κ3) is 4.78. The lowest BCUT2D eigenvalue weighted by Crippen LogP contribution is -2.37. The van der Waals surface area contributed by atoms with Crippen LogP contribution in [0.2, 0.25) is 0 Å². The summed E-state index contributed by atoms with van der Waals surface area (Å²) in [5.74, 6) is 1.40. The Morgan fingerprint density at radius 1 is 0.893 bits per heavy atom. The molecule has 2 aromatic heterocycles. The zero-order valence-electron chi connectivity index (χ0n) is 18.1. The van der Waals surface area contributed by atoms with E-state index in [1.807, 2.05) is 6.07 Å². The van der Waals surface area contributed by atoms with Crippen molar-refractivity contribution >= 4 is 5.82 Å². The molecule has 2 aromatic rings. The van der Waals surface area contributed by atoms with E-state index in [-0.39, 0.29) is 16.4 Å². The van der Waals surface area contributed by atoms with Crippen LogP contribution in [0.5, 0.6) is 0 Å². The minimum absolute atomic E-state index is 0.0143. The first-order valence-corrected chi connectivity index (χ1v) is 10.2. The Kier molecular flexibility index (Phi) is 5.60. The zero-order valence-corrected chi connectivity index (χ0v) is 18.1. The predicted octanol–water partition coefficient (Wildman–Crippen LogP) is 3.54. The van der Waals surface area contributed by atoms with E-state index in [1.165, 1.54) is 0 Å². The highest BCUT2D eigenvalue weighted by Gasteiger charge is 2.23. The largest absolute Gasteiger partial charge is 0.355 e. The van der Waals surface area contributed by atoms with Gasteiger partial charge in [0, 0.05) is 36.5 Å². The van der Waals surface area contributed by atoms with Gasteiger partial charge in [0.15, 0.2) is 5.82 Å². The number of nitrogens with zero attached hydrogens (tertiary/aromatic N) is 5. The molecule has 0 N–H and O–H groups in total. The Hall–Kier alpha value is -2.24. The molecule has 0 atom stereocenters. The van der Waals surface area contributed by atoms with Gasteiger partial charge in [0.1, 0.15) is 0 Å². The van der Waals surface area contributed by atoms with Crippen molar-refractivity contribution in [2.24, 2.45) is 5.92 Å². The molecule has 152 valence electrons. The molecule has 0 aromatic carbocycles. The molecule has 0 amide bonds. The molecule has 0 radical (unpaired) electrons. The number of piperidine rings is 1. The molecule has 28 heavy (non-hydrogen) atoms. The quantitative estimate of drug-likeness (QED) is 0.811. The van der Waals surface area contributed by atoms with Crippen molar-refractivity contribution in [3.05, 3.63) is 46.0 Å². The lowest BCUT2D eigenvalue weighted by Gasteiger charge is -2.33. The smallest absolute Gasteiger partial charge is 0.266 e. The van der Waals surface area contributed by atoms with Gasteiger partial charge in [-0.1, -0.05) is 41.5 Å². The molecule has 0 aliphatic carbocycles. The Morgan fingerprint density at radius 3 is 2.04 bits per heavy atom. The highest BCUT2D eigenvalue weighted by atomic mass is 16.1. The van der Waals surface area contributed by atoms with E-state index >= 15 is 0 Å². The van der Waals surface area contributed by atoms with Gasteiger partial charge in [0.2, 0.25) is 0 Å². The third-order valence-corrected chi connectivity index (χ3v) is 5.42. The molecular weight excluding hydrogens is 350 g/mol. The van der Waals surface area contributed by atoms with Crippen LogP contribution in [-0.2, 0) is 17.4 Å². The Bertz CT molecular complexity index is 850. The molecular formula is C22H33N5O. The predicted molar refractivity (Wildman–Crippen MR) is 113 cm³/mol. The van der Waals surface area contributed by atoms with Gasteiger partial charge in [-0.3, -0.25) is 4.79 Å². The number of anilines is 1. The first-order valence-electron chi connectivity index (χ1n) is 10.2. The average molecular weight is 384 g/mol. The summed E-state index contributed by atoms with van der Waals surface area (Å²) in [6, 6.07) is 7.65. The molecule has 3 heterocycles. The van der Waals surface area contributed by atoms with Crippen molar-refractivity contribution in [2.75, 3.05) is 18.0 Å². The minimum atomic E-state index is -0.0588. The first-order chi connectivity index (χ1) is 13.0. The minimum Gasteiger partial charge on any atom is -0.355 e. The third-order valence-electron chi connectivity index (χ3n) is 5.42. The van der Waals surface area contributed by atoms with Gasteiger partial charge < -0.3 is 4.90 Å². The van der Waals surface area contributed by atoms with E-state index in [0.29, 0.717) is 12.5 Å². The molecule has 0 saturated carbocycles. The number of aromatic nitrogens is 4. The fourth-order valence-corrected chi connectivity index (χ4v) is 3.46. The summed E-state index contributed by atoms with van der Waals surface area (Å²) >= 11 is 0. The van der Waals surface area contributed by atoms with Gasteiger partial charge in [0.05, 0.1) is 11.4 Å². The van der Waals surface area contributed by atoms with E-state index in [0.717, 1.165) is 43.1 Å². The summed E-state index contributed by atoms with van der Waals surface area (Å²) in [5, 5.41) is 13.5. The molecule has 0 bridgehead atoms. The van der Waals surface area contributed by atoms with Crippen LogP contribution >= 0.6 is 0 Å². The van der Waals surface area contributed by atoms with Crippen molar-refractivity contribution < 1.29 is 0 Å². The lowest BCUT2D eigenvalue weighted by molar-refractivity contribution is 0.329. The summed E-state index contributed by atoms with van der Waals surface area (Å²) < 4.78 is 1.65. The van der Waals surface area contributed by atoms with E-state index in [1.54, 1.807) is 10.7 Å². The van der Waals surface area contributed by atoms with Crippen LogP contribution < -0.4 is 10.5 Å². The number of rotatable bonds is 3. The summed E-state index contributed by atoms with van der Waals surface area (Å²) in [6.07, 6.45) is 2.05. The van der Waals surface area contributed by atoms with Gasteiger partial charge in [-0.25, -0.2) is 4.68 Å². The van der Waals surface area contributed by atoms with Crippen LogP contribution in [0.25, 0.3) is 0 Å². The van der Waals surface area contributed by atoms with Crippen LogP contribution in [-0.4, -0.2) is 33.1 Å². The second kappa shape index (κ2) is 7.64. The van der Waals surface area contributed by atoms with Gasteiger partial charge in [-0.05, 0) is 37.0 Å². The zero-order chi connectivity index (χ0) is 20.5. The van der Waals surface area contributed by atoms with Gasteiger partial charge in [-0.2, -0.15) is 10.2 Å². The Morgan fingerprint density at radius 2 is 1.50 bits per heavy atom. The topological polar surface area (TPSA) is 63.9 Å². The summed E-state index contributed by atoms with van der Waals surface area (Å²) in [7, 11) is 0. The van der Waals surface area contributed by atoms with Crippen LogP contribution in [0.4, 0.5) is 5.82 Å². The fraction of sp³-hybridized carbons (Fsp3) is 0.636. The van der Waals surface area contributed by atoms with Crippen LogP contribution in [0, 0.1) is 5.92 Å². The molecule has 1 aliphatic rings. The van der Waals surface area contributed by atoms with E-state index in [4.69, 9.17) is 0 Å². The van der Waals surface area contributed by atoms with Crippen LogP contribution in [0.15, 0.2) is 29.1 Å². The maximum atomic E-state index is 12.2. The maximum Gasteiger partial charge on any atom is 0.266 e. The second-order valence-electron chi connectivity index (χ2n) is 9.95. The standard InChI is InChI=1S/C22H33N5O/c1-21(2,3)17-7-9-19(24-23-17)26-13-11-16(12-14-26)15-27-20(28)10-8-18(25-27)22(4,5)6/h7-10,16H,11-15H2,1-6H3. The van der Waals surface area contributed by atoms with E-state index < -0.39 is 0 Å². The monoisotopic (exact) mass is 383 g/mol. The number of hydrogen-bond acceptors (Lipinski definition) is 5. The molecule has 3 rings (SSSR count). The van der Waals surface area contributed by atoms with Crippen molar-refractivity contribution in [2.45, 2.75) is 71.8 Å². The van der Waals surface area contributed by atoms with Crippen molar-refractivity contribution in [3.8, 4) is 0 Å². The first kappa shape index (κ1) is 20.5. The molecule has 6 nitrogen and oxygen atoms in total. The molecule has 1 saturated heterocycles. The van der Waals surface area contributed by atoms with E-state index in [2.05, 4.69) is 73.9 Å². The highest BCUT2D eigenvalue weighted by Crippen LogP contribution is 2.25. The molecule has 0 spiro atoms. The van der Waals surface area contributed by atoms with Gasteiger partial charge in [0.25, 0.3) is 5.56 Å². The molecule has 0 unspecified atom stereocenters. The Balaban J connectivity index is 1.63. The number of hydrogen-bond donors (Lipinski definition) is 0. The van der Waals surface area contributed by atoms with Crippen LogP contribution in [0.1, 0.15) is 65.8 Å². The highest BCUT2D eigenvalue weighted by molar-refractivity contribution is 5.38. The summed E-state index contributed by atoms with van der Waals surface area (Å²) in [5.41, 5.74) is 1.91. The van der Waals surface area contributed by atoms with E-state index in [9.17, 15) is 4.79 Å². The maximum absolute atomic E-state index is 12.2. The fourth-order valence-electron chi connectivity index (χ4n) is 3.46. The molecule has 1 fully saturated rings. The average Bonchev–Trinajstić information content (AvgIpc) is 2.63. The van der Waals surface area contributed by atoms with Crippen molar-refractivity contribution in [3.63, 3.8) is 0 Å². The van der Waals surface area contributed by atoms with Crippen molar-refractivity contribution in [1.29, 1.82) is 0 Å². The van der Waals surface area contributed by atoms with Crippen molar-refractivity contribution in [1.82, 2.24) is 20.0 Å². The lowest BCUT2D eigenvalue weighted by atomic mass is 9.92. The summed E-state index contributed by atoms with van der Waals surface area (Å²) in [4.78, 5) is 14.5. The molecule has 6 heteroatoms. The Labute approximate surface area is 168 Å². The van der Waals surface area contributed by atoms with Gasteiger partial charge in [-0.15, -0.1) is 5.10 Å².